The molecule has 0 aliphatic heterocycles. The fourth-order valence-corrected chi connectivity index (χ4v) is 2.83. The number of hydrogen-bond donors (Lipinski definition) is 1. The Morgan fingerprint density at radius 3 is 2.32 bits per heavy atom. The first-order chi connectivity index (χ1) is 10.6. The van der Waals surface area contributed by atoms with Crippen molar-refractivity contribution in [2.24, 2.45) is 0 Å². The highest BCUT2D eigenvalue weighted by molar-refractivity contribution is 7.89. The predicted molar refractivity (Wildman–Crippen MR) is 87.8 cm³/mol. The minimum Gasteiger partial charge on any atom is -0.494 e. The van der Waals surface area contributed by atoms with Crippen molar-refractivity contribution in [1.29, 1.82) is 0 Å². The van der Waals surface area contributed by atoms with E-state index in [-0.39, 0.29) is 4.90 Å². The van der Waals surface area contributed by atoms with Crippen molar-refractivity contribution in [2.45, 2.75) is 44.4 Å². The van der Waals surface area contributed by atoms with Crippen LogP contribution < -0.4 is 9.46 Å². The molecule has 0 aliphatic rings. The molecule has 6 heteroatoms. The third-order valence-corrected chi connectivity index (χ3v) is 4.48. The molecule has 1 N–H and O–H groups in total. The number of sulfonamides is 1. The molecule has 0 aliphatic carbocycles. The molecule has 0 bridgehead atoms. The molecule has 0 spiro atoms. The Labute approximate surface area is 134 Å². The summed E-state index contributed by atoms with van der Waals surface area (Å²) in [5.41, 5.74) is 0. The zero-order valence-corrected chi connectivity index (χ0v) is 14.3. The summed E-state index contributed by atoms with van der Waals surface area (Å²) in [6.45, 7) is 6.45. The standard InChI is InChI=1S/C16H27NO4S/c1-3-5-14-21-15-7-9-16(10-8-15)22(18,19)17-11-6-13-20-12-4-2/h7-10,17H,3-6,11-14H2,1-2H3. The maximum Gasteiger partial charge on any atom is 0.240 e. The van der Waals surface area contributed by atoms with E-state index in [1.807, 2.05) is 6.92 Å². The maximum atomic E-state index is 12.1. The van der Waals surface area contributed by atoms with E-state index >= 15 is 0 Å². The van der Waals surface area contributed by atoms with Gasteiger partial charge in [-0.2, -0.15) is 0 Å². The Morgan fingerprint density at radius 2 is 1.68 bits per heavy atom. The summed E-state index contributed by atoms with van der Waals surface area (Å²) in [6, 6.07) is 6.51. The van der Waals surface area contributed by atoms with Gasteiger partial charge >= 0.3 is 0 Å². The average Bonchev–Trinajstić information content (AvgIpc) is 2.51. The van der Waals surface area contributed by atoms with Gasteiger partial charge in [-0.3, -0.25) is 0 Å². The maximum absolute atomic E-state index is 12.1. The molecule has 0 saturated carbocycles. The molecule has 0 saturated heterocycles. The third kappa shape index (κ3) is 7.24. The molecule has 1 aromatic rings. The van der Waals surface area contributed by atoms with E-state index in [1.165, 1.54) is 0 Å². The molecule has 1 aromatic carbocycles. The van der Waals surface area contributed by atoms with Gasteiger partial charge < -0.3 is 9.47 Å². The van der Waals surface area contributed by atoms with Crippen LogP contribution in [0.1, 0.15) is 39.5 Å². The van der Waals surface area contributed by atoms with E-state index in [0.29, 0.717) is 38.5 Å². The molecule has 1 rings (SSSR count). The van der Waals surface area contributed by atoms with E-state index in [4.69, 9.17) is 9.47 Å². The van der Waals surface area contributed by atoms with Gasteiger partial charge in [0.15, 0.2) is 0 Å². The zero-order valence-electron chi connectivity index (χ0n) is 13.5. The highest BCUT2D eigenvalue weighted by atomic mass is 32.2. The molecular weight excluding hydrogens is 302 g/mol. The molecule has 5 nitrogen and oxygen atoms in total. The van der Waals surface area contributed by atoms with Crippen LogP contribution in [-0.4, -0.2) is 34.8 Å². The smallest absolute Gasteiger partial charge is 0.240 e. The van der Waals surface area contributed by atoms with Gasteiger partial charge in [-0.1, -0.05) is 20.3 Å². The monoisotopic (exact) mass is 329 g/mol. The fraction of sp³-hybridized carbons (Fsp3) is 0.625. The lowest BCUT2D eigenvalue weighted by Gasteiger charge is -2.09. The molecule has 0 amide bonds. The Kier molecular flexibility index (Phi) is 9.11. The molecule has 0 fully saturated rings. The van der Waals surface area contributed by atoms with Crippen LogP contribution in [0, 0.1) is 0 Å². The number of nitrogens with one attached hydrogen (secondary N) is 1. The van der Waals surface area contributed by atoms with Crippen LogP contribution >= 0.6 is 0 Å². The predicted octanol–water partition coefficient (Wildman–Crippen LogP) is 2.96. The second kappa shape index (κ2) is 10.6. The minimum absolute atomic E-state index is 0.254. The van der Waals surface area contributed by atoms with Crippen LogP contribution in [-0.2, 0) is 14.8 Å². The normalized spacial score (nSPS) is 11.5. The Morgan fingerprint density at radius 1 is 0.955 bits per heavy atom. The van der Waals surface area contributed by atoms with Gasteiger partial charge in [0.25, 0.3) is 0 Å². The van der Waals surface area contributed by atoms with Crippen molar-refractivity contribution in [3.8, 4) is 5.75 Å². The van der Waals surface area contributed by atoms with E-state index < -0.39 is 10.0 Å². The van der Waals surface area contributed by atoms with Gasteiger partial charge in [0.05, 0.1) is 11.5 Å². The first kappa shape index (κ1) is 18.9. The average molecular weight is 329 g/mol. The van der Waals surface area contributed by atoms with Gasteiger partial charge in [-0.15, -0.1) is 0 Å². The van der Waals surface area contributed by atoms with Crippen molar-refractivity contribution in [1.82, 2.24) is 4.72 Å². The molecular formula is C16H27NO4S. The van der Waals surface area contributed by atoms with Crippen LogP contribution in [0.2, 0.25) is 0 Å². The summed E-state index contributed by atoms with van der Waals surface area (Å²) < 4.78 is 37.6. The van der Waals surface area contributed by atoms with E-state index in [0.717, 1.165) is 19.3 Å². The second-order valence-corrected chi connectivity index (χ2v) is 6.80. The first-order valence-electron chi connectivity index (χ1n) is 7.90. The van der Waals surface area contributed by atoms with Crippen molar-refractivity contribution in [3.63, 3.8) is 0 Å². The van der Waals surface area contributed by atoms with Crippen LogP contribution in [0.4, 0.5) is 0 Å². The van der Waals surface area contributed by atoms with Crippen LogP contribution in [0.5, 0.6) is 5.75 Å². The minimum atomic E-state index is -3.46. The lowest BCUT2D eigenvalue weighted by atomic mass is 10.3. The Balaban J connectivity index is 2.40. The third-order valence-electron chi connectivity index (χ3n) is 3.01. The van der Waals surface area contributed by atoms with E-state index in [9.17, 15) is 8.42 Å². The van der Waals surface area contributed by atoms with Crippen LogP contribution in [0.15, 0.2) is 29.2 Å². The zero-order chi connectivity index (χ0) is 16.3. The second-order valence-electron chi connectivity index (χ2n) is 5.04. The molecule has 22 heavy (non-hydrogen) atoms. The Bertz CT molecular complexity index is 499. The largest absolute Gasteiger partial charge is 0.494 e. The number of hydrogen-bond acceptors (Lipinski definition) is 4. The Hall–Kier alpha value is -1.11. The quantitative estimate of drug-likeness (QED) is 0.599. The number of unbranched alkanes of at least 4 members (excludes halogenated alkanes) is 1. The topological polar surface area (TPSA) is 64.6 Å². The van der Waals surface area contributed by atoms with Crippen molar-refractivity contribution in [2.75, 3.05) is 26.4 Å². The van der Waals surface area contributed by atoms with E-state index in [2.05, 4.69) is 11.6 Å². The number of benzene rings is 1. The van der Waals surface area contributed by atoms with E-state index in [1.54, 1.807) is 24.3 Å². The molecule has 0 unspecified atom stereocenters. The summed E-state index contributed by atoms with van der Waals surface area (Å²) in [7, 11) is -3.46. The highest BCUT2D eigenvalue weighted by Gasteiger charge is 2.13. The van der Waals surface area contributed by atoms with Gasteiger partial charge in [-0.05, 0) is 43.5 Å². The molecule has 0 aromatic heterocycles. The van der Waals surface area contributed by atoms with Crippen molar-refractivity contribution < 1.29 is 17.9 Å². The van der Waals surface area contributed by atoms with Gasteiger partial charge in [0, 0.05) is 19.8 Å². The number of ether oxygens (including phenoxy) is 2. The molecule has 0 heterocycles. The SMILES string of the molecule is CCCCOc1ccc(S(=O)(=O)NCCCOCCC)cc1. The van der Waals surface area contributed by atoms with Gasteiger partial charge in [-0.25, -0.2) is 13.1 Å². The first-order valence-corrected chi connectivity index (χ1v) is 9.38. The van der Waals surface area contributed by atoms with Crippen molar-refractivity contribution >= 4 is 10.0 Å². The fourth-order valence-electron chi connectivity index (χ4n) is 1.76. The molecule has 0 radical (unpaired) electrons. The number of rotatable bonds is 12. The van der Waals surface area contributed by atoms with Crippen molar-refractivity contribution in [3.05, 3.63) is 24.3 Å². The summed E-state index contributed by atoms with van der Waals surface area (Å²) in [5, 5.41) is 0. The van der Waals surface area contributed by atoms with Crippen LogP contribution in [0.3, 0.4) is 0 Å². The summed E-state index contributed by atoms with van der Waals surface area (Å²) in [5.74, 6) is 0.695. The highest BCUT2D eigenvalue weighted by Crippen LogP contribution is 2.16. The summed E-state index contributed by atoms with van der Waals surface area (Å²) >= 11 is 0. The summed E-state index contributed by atoms with van der Waals surface area (Å²) in [6.07, 6.45) is 3.69. The summed E-state index contributed by atoms with van der Waals surface area (Å²) in [4.78, 5) is 0.254. The molecule has 126 valence electrons. The van der Waals surface area contributed by atoms with Gasteiger partial charge in [0.2, 0.25) is 10.0 Å². The lowest BCUT2D eigenvalue weighted by Crippen LogP contribution is -2.25. The lowest BCUT2D eigenvalue weighted by molar-refractivity contribution is 0.133. The van der Waals surface area contributed by atoms with Crippen LogP contribution in [0.25, 0.3) is 0 Å². The molecule has 0 atom stereocenters. The van der Waals surface area contributed by atoms with Gasteiger partial charge in [0.1, 0.15) is 5.75 Å².